The molecule has 21 heavy (non-hydrogen) atoms. The standard InChI is InChI=1S/C16H24O5/c1-6-20-15(18)14-12(8-10(4)5)21-16(19)13(14)11(17)7-9(2)3/h9-10,19H,6-8H2,1-5H3. The molecule has 0 bridgehead atoms. The number of esters is 1. The molecule has 0 aromatic carbocycles. The number of aromatic hydroxyl groups is 1. The molecule has 0 aliphatic heterocycles. The maximum absolute atomic E-state index is 12.3. The average molecular weight is 296 g/mol. The minimum atomic E-state index is -0.621. The van der Waals surface area contributed by atoms with Gasteiger partial charge in [0.1, 0.15) is 16.9 Å². The van der Waals surface area contributed by atoms with E-state index in [0.717, 1.165) is 0 Å². The summed E-state index contributed by atoms with van der Waals surface area (Å²) in [7, 11) is 0. The zero-order valence-corrected chi connectivity index (χ0v) is 13.4. The Labute approximate surface area is 125 Å². The second kappa shape index (κ2) is 7.29. The van der Waals surface area contributed by atoms with Gasteiger partial charge in [-0.2, -0.15) is 0 Å². The van der Waals surface area contributed by atoms with Crippen molar-refractivity contribution in [1.82, 2.24) is 0 Å². The lowest BCUT2D eigenvalue weighted by atomic mass is 9.97. The molecule has 1 heterocycles. The van der Waals surface area contributed by atoms with Crippen molar-refractivity contribution in [2.45, 2.75) is 47.5 Å². The Morgan fingerprint density at radius 1 is 1.14 bits per heavy atom. The molecule has 0 spiro atoms. The Hall–Kier alpha value is -1.78. The van der Waals surface area contributed by atoms with Crippen molar-refractivity contribution < 1.29 is 23.8 Å². The van der Waals surface area contributed by atoms with Crippen LogP contribution in [0.25, 0.3) is 0 Å². The first kappa shape index (κ1) is 17.3. The smallest absolute Gasteiger partial charge is 0.342 e. The van der Waals surface area contributed by atoms with Gasteiger partial charge in [-0.1, -0.05) is 27.7 Å². The van der Waals surface area contributed by atoms with Crippen LogP contribution in [0.3, 0.4) is 0 Å². The Morgan fingerprint density at radius 3 is 2.24 bits per heavy atom. The summed E-state index contributed by atoms with van der Waals surface area (Å²) in [6, 6.07) is 0. The van der Waals surface area contributed by atoms with Crippen LogP contribution in [0.2, 0.25) is 0 Å². The number of hydrogen-bond donors (Lipinski definition) is 1. The van der Waals surface area contributed by atoms with E-state index in [-0.39, 0.29) is 41.8 Å². The molecule has 0 aliphatic rings. The second-order valence-corrected chi connectivity index (χ2v) is 5.92. The molecule has 0 aliphatic carbocycles. The minimum Gasteiger partial charge on any atom is -0.480 e. The van der Waals surface area contributed by atoms with E-state index in [1.807, 2.05) is 27.7 Å². The number of carbonyl (C=O) groups is 2. The molecule has 1 N–H and O–H groups in total. The van der Waals surface area contributed by atoms with E-state index in [0.29, 0.717) is 12.2 Å². The summed E-state index contributed by atoms with van der Waals surface area (Å²) in [5.74, 6) is -0.756. The maximum Gasteiger partial charge on any atom is 0.342 e. The van der Waals surface area contributed by atoms with Gasteiger partial charge in [-0.15, -0.1) is 0 Å². The van der Waals surface area contributed by atoms with Crippen LogP contribution in [-0.4, -0.2) is 23.5 Å². The van der Waals surface area contributed by atoms with Crippen LogP contribution in [-0.2, 0) is 11.2 Å². The van der Waals surface area contributed by atoms with Crippen molar-refractivity contribution in [2.75, 3.05) is 6.61 Å². The minimum absolute atomic E-state index is 0.0437. The number of ether oxygens (including phenoxy) is 1. The van der Waals surface area contributed by atoms with Gasteiger partial charge in [0.05, 0.1) is 6.61 Å². The van der Waals surface area contributed by atoms with Crippen LogP contribution in [0.4, 0.5) is 0 Å². The Bertz CT molecular complexity index is 511. The van der Waals surface area contributed by atoms with Gasteiger partial charge in [-0.25, -0.2) is 4.79 Å². The third-order valence-electron chi connectivity index (χ3n) is 2.91. The molecule has 1 aromatic heterocycles. The van der Waals surface area contributed by atoms with Gasteiger partial charge in [0.15, 0.2) is 5.78 Å². The summed E-state index contributed by atoms with van der Waals surface area (Å²) in [6.07, 6.45) is 0.692. The van der Waals surface area contributed by atoms with E-state index in [1.165, 1.54) is 0 Å². The van der Waals surface area contributed by atoms with Gasteiger partial charge >= 0.3 is 5.97 Å². The van der Waals surface area contributed by atoms with Crippen molar-refractivity contribution in [3.63, 3.8) is 0 Å². The fourth-order valence-electron chi connectivity index (χ4n) is 2.13. The largest absolute Gasteiger partial charge is 0.480 e. The molecule has 0 fully saturated rings. The number of furan rings is 1. The molecule has 118 valence electrons. The molecule has 1 aromatic rings. The predicted molar refractivity (Wildman–Crippen MR) is 78.7 cm³/mol. The highest BCUT2D eigenvalue weighted by Gasteiger charge is 2.31. The van der Waals surface area contributed by atoms with E-state index in [1.54, 1.807) is 6.92 Å². The summed E-state index contributed by atoms with van der Waals surface area (Å²) < 4.78 is 10.3. The summed E-state index contributed by atoms with van der Waals surface area (Å²) in [4.78, 5) is 24.4. The molecule has 0 radical (unpaired) electrons. The lowest BCUT2D eigenvalue weighted by molar-refractivity contribution is 0.0520. The van der Waals surface area contributed by atoms with Crippen LogP contribution < -0.4 is 0 Å². The fraction of sp³-hybridized carbons (Fsp3) is 0.625. The second-order valence-electron chi connectivity index (χ2n) is 5.92. The number of rotatable bonds is 7. The van der Waals surface area contributed by atoms with E-state index < -0.39 is 11.9 Å². The molecule has 0 unspecified atom stereocenters. The highest BCUT2D eigenvalue weighted by Crippen LogP contribution is 2.32. The van der Waals surface area contributed by atoms with Crippen LogP contribution in [0.5, 0.6) is 5.95 Å². The maximum atomic E-state index is 12.3. The SMILES string of the molecule is CCOC(=O)c1c(CC(C)C)oc(O)c1C(=O)CC(C)C. The first-order chi connectivity index (χ1) is 9.77. The van der Waals surface area contributed by atoms with Crippen LogP contribution in [0.15, 0.2) is 4.42 Å². The number of ketones is 1. The molecule has 5 heteroatoms. The Kier molecular flexibility index (Phi) is 6.00. The van der Waals surface area contributed by atoms with E-state index >= 15 is 0 Å². The molecule has 1 rings (SSSR count). The van der Waals surface area contributed by atoms with Crippen molar-refractivity contribution >= 4 is 11.8 Å². The molecular weight excluding hydrogens is 272 g/mol. The molecule has 0 amide bonds. The first-order valence-corrected chi connectivity index (χ1v) is 7.32. The van der Waals surface area contributed by atoms with Crippen LogP contribution in [0, 0.1) is 11.8 Å². The Morgan fingerprint density at radius 2 is 1.76 bits per heavy atom. The van der Waals surface area contributed by atoms with Crippen molar-refractivity contribution in [3.05, 3.63) is 16.9 Å². The van der Waals surface area contributed by atoms with Crippen molar-refractivity contribution in [3.8, 4) is 5.95 Å². The zero-order chi connectivity index (χ0) is 16.2. The average Bonchev–Trinajstić information content (AvgIpc) is 2.64. The zero-order valence-electron chi connectivity index (χ0n) is 13.4. The number of hydrogen-bond acceptors (Lipinski definition) is 5. The van der Waals surface area contributed by atoms with Gasteiger partial charge in [0.2, 0.25) is 0 Å². The first-order valence-electron chi connectivity index (χ1n) is 7.32. The fourth-order valence-corrected chi connectivity index (χ4v) is 2.13. The lowest BCUT2D eigenvalue weighted by Gasteiger charge is -2.07. The lowest BCUT2D eigenvalue weighted by Crippen LogP contribution is -2.14. The number of carbonyl (C=O) groups excluding carboxylic acids is 2. The van der Waals surface area contributed by atoms with Gasteiger partial charge in [-0.05, 0) is 18.8 Å². The Balaban J connectivity index is 3.30. The highest BCUT2D eigenvalue weighted by molar-refractivity contribution is 6.08. The monoisotopic (exact) mass is 296 g/mol. The molecular formula is C16H24O5. The third-order valence-corrected chi connectivity index (χ3v) is 2.91. The summed E-state index contributed by atoms with van der Waals surface area (Å²) in [5, 5.41) is 9.93. The topological polar surface area (TPSA) is 76.7 Å². The summed E-state index contributed by atoms with van der Waals surface area (Å²) in [6.45, 7) is 9.61. The normalized spacial score (nSPS) is 11.2. The van der Waals surface area contributed by atoms with Crippen LogP contribution >= 0.6 is 0 Å². The van der Waals surface area contributed by atoms with E-state index in [4.69, 9.17) is 9.15 Å². The molecule has 0 saturated heterocycles. The molecule has 0 saturated carbocycles. The van der Waals surface area contributed by atoms with Crippen molar-refractivity contribution in [2.24, 2.45) is 11.8 Å². The number of Topliss-reactive ketones (excluding diaryl/α,β-unsaturated/α-hetero) is 1. The highest BCUT2D eigenvalue weighted by atomic mass is 16.5. The predicted octanol–water partition coefficient (Wildman–Crippen LogP) is 3.59. The van der Waals surface area contributed by atoms with E-state index in [2.05, 4.69) is 0 Å². The van der Waals surface area contributed by atoms with Gasteiger partial charge < -0.3 is 14.3 Å². The third kappa shape index (κ3) is 4.34. The summed E-state index contributed by atoms with van der Waals surface area (Å²) in [5.41, 5.74) is 0.0338. The van der Waals surface area contributed by atoms with Gasteiger partial charge in [0.25, 0.3) is 5.95 Å². The van der Waals surface area contributed by atoms with Gasteiger partial charge in [0, 0.05) is 12.8 Å². The quantitative estimate of drug-likeness (QED) is 0.614. The van der Waals surface area contributed by atoms with Crippen LogP contribution in [0.1, 0.15) is 67.5 Å². The molecule has 5 nitrogen and oxygen atoms in total. The molecule has 0 atom stereocenters. The van der Waals surface area contributed by atoms with Gasteiger partial charge in [-0.3, -0.25) is 4.79 Å². The van der Waals surface area contributed by atoms with E-state index in [9.17, 15) is 14.7 Å². The summed E-state index contributed by atoms with van der Waals surface area (Å²) >= 11 is 0. The van der Waals surface area contributed by atoms with Crippen molar-refractivity contribution in [1.29, 1.82) is 0 Å².